The SMILES string of the molecule is CC[C@H]1CN(C(=O)c2cc3ccccc3[nH]2)CCC(=O)N1Cc1ccccc1. The number of para-hydroxylation sites is 1. The van der Waals surface area contributed by atoms with Gasteiger partial charge in [0.15, 0.2) is 0 Å². The van der Waals surface area contributed by atoms with E-state index in [4.69, 9.17) is 0 Å². The van der Waals surface area contributed by atoms with Crippen LogP contribution in [0.15, 0.2) is 60.7 Å². The van der Waals surface area contributed by atoms with Gasteiger partial charge in [0, 0.05) is 43.0 Å². The molecule has 0 bridgehead atoms. The summed E-state index contributed by atoms with van der Waals surface area (Å²) in [6.45, 7) is 3.68. The van der Waals surface area contributed by atoms with Gasteiger partial charge >= 0.3 is 0 Å². The number of H-pyrrole nitrogens is 1. The predicted molar refractivity (Wildman–Crippen MR) is 110 cm³/mol. The van der Waals surface area contributed by atoms with Gasteiger partial charge in [0.05, 0.1) is 0 Å². The Bertz CT molecular complexity index is 947. The Hall–Kier alpha value is -3.08. The van der Waals surface area contributed by atoms with Gasteiger partial charge in [-0.2, -0.15) is 0 Å². The van der Waals surface area contributed by atoms with Gasteiger partial charge < -0.3 is 14.8 Å². The molecule has 3 aromatic rings. The molecular formula is C23H25N3O2. The van der Waals surface area contributed by atoms with E-state index in [9.17, 15) is 9.59 Å². The number of benzene rings is 2. The first-order chi connectivity index (χ1) is 13.7. The third kappa shape index (κ3) is 3.65. The highest BCUT2D eigenvalue weighted by atomic mass is 16.2. The largest absolute Gasteiger partial charge is 0.351 e. The minimum absolute atomic E-state index is 0.0172. The van der Waals surface area contributed by atoms with Gasteiger partial charge in [0.1, 0.15) is 5.69 Å². The van der Waals surface area contributed by atoms with Crippen molar-refractivity contribution in [2.24, 2.45) is 0 Å². The molecule has 1 aliphatic heterocycles. The summed E-state index contributed by atoms with van der Waals surface area (Å²) in [7, 11) is 0. The maximum Gasteiger partial charge on any atom is 0.270 e. The van der Waals surface area contributed by atoms with Crippen molar-refractivity contribution in [3.8, 4) is 0 Å². The molecule has 5 heteroatoms. The lowest BCUT2D eigenvalue weighted by molar-refractivity contribution is -0.133. The molecule has 1 saturated heterocycles. The number of hydrogen-bond donors (Lipinski definition) is 1. The Morgan fingerprint density at radius 2 is 1.86 bits per heavy atom. The van der Waals surface area contributed by atoms with Crippen LogP contribution in [-0.4, -0.2) is 45.7 Å². The summed E-state index contributed by atoms with van der Waals surface area (Å²) in [5, 5.41) is 1.02. The first-order valence-electron chi connectivity index (χ1n) is 9.86. The highest BCUT2D eigenvalue weighted by molar-refractivity contribution is 5.98. The number of carbonyl (C=O) groups is 2. The molecule has 0 radical (unpaired) electrons. The lowest BCUT2D eigenvalue weighted by Gasteiger charge is -2.31. The van der Waals surface area contributed by atoms with Crippen LogP contribution in [0.25, 0.3) is 10.9 Å². The minimum Gasteiger partial charge on any atom is -0.351 e. The van der Waals surface area contributed by atoms with E-state index in [2.05, 4.69) is 11.9 Å². The average molecular weight is 375 g/mol. The van der Waals surface area contributed by atoms with E-state index in [-0.39, 0.29) is 17.9 Å². The third-order valence-electron chi connectivity index (χ3n) is 5.50. The molecule has 0 aliphatic carbocycles. The number of aromatic nitrogens is 1. The van der Waals surface area contributed by atoms with E-state index in [1.165, 1.54) is 0 Å². The Labute approximate surface area is 165 Å². The Morgan fingerprint density at radius 3 is 2.61 bits per heavy atom. The number of rotatable bonds is 4. The number of aromatic amines is 1. The first kappa shape index (κ1) is 18.3. The third-order valence-corrected chi connectivity index (χ3v) is 5.50. The van der Waals surface area contributed by atoms with Crippen LogP contribution in [0.4, 0.5) is 0 Å². The molecule has 0 spiro atoms. The van der Waals surface area contributed by atoms with Gasteiger partial charge in [-0.1, -0.05) is 55.5 Å². The van der Waals surface area contributed by atoms with Crippen molar-refractivity contribution in [3.63, 3.8) is 0 Å². The zero-order chi connectivity index (χ0) is 19.5. The molecular weight excluding hydrogens is 350 g/mol. The van der Waals surface area contributed by atoms with E-state index in [1.807, 2.05) is 70.5 Å². The van der Waals surface area contributed by atoms with E-state index >= 15 is 0 Å². The van der Waals surface area contributed by atoms with Crippen LogP contribution in [0.3, 0.4) is 0 Å². The molecule has 2 aromatic carbocycles. The van der Waals surface area contributed by atoms with Crippen molar-refractivity contribution in [2.45, 2.75) is 32.4 Å². The van der Waals surface area contributed by atoms with E-state index < -0.39 is 0 Å². The molecule has 1 aliphatic rings. The Kier molecular flexibility index (Phi) is 5.15. The van der Waals surface area contributed by atoms with Gasteiger partial charge in [0.25, 0.3) is 5.91 Å². The summed E-state index contributed by atoms with van der Waals surface area (Å²) in [6, 6.07) is 19.8. The van der Waals surface area contributed by atoms with Crippen LogP contribution in [0, 0.1) is 0 Å². The maximum atomic E-state index is 13.1. The molecule has 0 unspecified atom stereocenters. The normalized spacial score (nSPS) is 17.8. The standard InChI is InChI=1S/C23H25N3O2/c1-2-19-16-25(23(28)21-14-18-10-6-7-11-20(18)24-21)13-12-22(27)26(19)15-17-8-4-3-5-9-17/h3-11,14,19,24H,2,12-13,15-16H2,1H3/t19-/m0/s1. The topological polar surface area (TPSA) is 56.4 Å². The monoisotopic (exact) mass is 375 g/mol. The van der Waals surface area contributed by atoms with Crippen molar-refractivity contribution in [3.05, 3.63) is 71.9 Å². The molecule has 1 N–H and O–H groups in total. The van der Waals surface area contributed by atoms with Gasteiger partial charge in [0.2, 0.25) is 5.91 Å². The highest BCUT2D eigenvalue weighted by Crippen LogP contribution is 2.21. The smallest absolute Gasteiger partial charge is 0.270 e. The number of carbonyl (C=O) groups excluding carboxylic acids is 2. The second kappa shape index (κ2) is 7.89. The summed E-state index contributed by atoms with van der Waals surface area (Å²) in [4.78, 5) is 32.9. The summed E-state index contributed by atoms with van der Waals surface area (Å²) >= 11 is 0. The number of amides is 2. The summed E-state index contributed by atoms with van der Waals surface area (Å²) in [6.07, 6.45) is 1.17. The highest BCUT2D eigenvalue weighted by Gasteiger charge is 2.31. The van der Waals surface area contributed by atoms with Crippen LogP contribution < -0.4 is 0 Å². The van der Waals surface area contributed by atoms with Crippen molar-refractivity contribution >= 4 is 22.7 Å². The van der Waals surface area contributed by atoms with Gasteiger partial charge in [-0.3, -0.25) is 9.59 Å². The molecule has 28 heavy (non-hydrogen) atoms. The Balaban J connectivity index is 1.55. The van der Waals surface area contributed by atoms with Crippen molar-refractivity contribution in [1.29, 1.82) is 0 Å². The number of nitrogens with one attached hydrogen (secondary N) is 1. The minimum atomic E-state index is -0.0380. The van der Waals surface area contributed by atoms with Crippen LogP contribution in [0.5, 0.6) is 0 Å². The van der Waals surface area contributed by atoms with Gasteiger partial charge in [-0.25, -0.2) is 0 Å². The van der Waals surface area contributed by atoms with E-state index in [0.29, 0.717) is 31.7 Å². The quantitative estimate of drug-likeness (QED) is 0.754. The molecule has 2 heterocycles. The van der Waals surface area contributed by atoms with Crippen molar-refractivity contribution in [2.75, 3.05) is 13.1 Å². The van der Waals surface area contributed by atoms with Crippen molar-refractivity contribution < 1.29 is 9.59 Å². The fraction of sp³-hybridized carbons (Fsp3) is 0.304. The summed E-state index contributed by atoms with van der Waals surface area (Å²) in [5.41, 5.74) is 2.65. The lowest BCUT2D eigenvalue weighted by atomic mass is 10.1. The molecule has 5 nitrogen and oxygen atoms in total. The molecule has 2 amide bonds. The molecule has 0 saturated carbocycles. The maximum absolute atomic E-state index is 13.1. The number of hydrogen-bond acceptors (Lipinski definition) is 2. The van der Waals surface area contributed by atoms with Gasteiger partial charge in [-0.15, -0.1) is 0 Å². The molecule has 1 atom stereocenters. The summed E-state index contributed by atoms with van der Waals surface area (Å²) in [5.74, 6) is 0.0756. The summed E-state index contributed by atoms with van der Waals surface area (Å²) < 4.78 is 0. The fourth-order valence-electron chi connectivity index (χ4n) is 3.91. The first-order valence-corrected chi connectivity index (χ1v) is 9.86. The van der Waals surface area contributed by atoms with E-state index in [0.717, 1.165) is 22.9 Å². The second-order valence-electron chi connectivity index (χ2n) is 7.34. The fourth-order valence-corrected chi connectivity index (χ4v) is 3.91. The average Bonchev–Trinajstić information content (AvgIpc) is 3.10. The predicted octanol–water partition coefficient (Wildman–Crippen LogP) is 3.82. The molecule has 144 valence electrons. The number of nitrogens with zero attached hydrogens (tertiary/aromatic N) is 2. The second-order valence-corrected chi connectivity index (χ2v) is 7.34. The van der Waals surface area contributed by atoms with Crippen molar-refractivity contribution in [1.82, 2.24) is 14.8 Å². The zero-order valence-corrected chi connectivity index (χ0v) is 16.1. The molecule has 4 rings (SSSR count). The van der Waals surface area contributed by atoms with E-state index in [1.54, 1.807) is 0 Å². The molecule has 1 fully saturated rings. The Morgan fingerprint density at radius 1 is 1.11 bits per heavy atom. The van der Waals surface area contributed by atoms with Crippen LogP contribution in [-0.2, 0) is 11.3 Å². The number of fused-ring (bicyclic) bond motifs is 1. The zero-order valence-electron chi connectivity index (χ0n) is 16.1. The van der Waals surface area contributed by atoms with Crippen LogP contribution >= 0.6 is 0 Å². The van der Waals surface area contributed by atoms with Gasteiger partial charge in [-0.05, 0) is 24.1 Å². The molecule has 1 aromatic heterocycles. The van der Waals surface area contributed by atoms with Crippen LogP contribution in [0.2, 0.25) is 0 Å². The lowest BCUT2D eigenvalue weighted by Crippen LogP contribution is -2.43. The van der Waals surface area contributed by atoms with Crippen LogP contribution in [0.1, 0.15) is 35.8 Å².